The maximum absolute atomic E-state index is 14.9. The molecule has 0 bridgehead atoms. The number of sulfone groups is 1. The van der Waals surface area contributed by atoms with E-state index in [2.05, 4.69) is 24.3 Å². The van der Waals surface area contributed by atoms with Crippen molar-refractivity contribution in [2.24, 2.45) is 0 Å². The molecular weight excluding hydrogens is 844 g/mol. The fourth-order valence-corrected chi connectivity index (χ4v) is 11.4. The number of carbonyl (C=O) groups is 3. The number of ether oxygens (including phenoxy) is 2. The lowest BCUT2D eigenvalue weighted by Gasteiger charge is -2.37. The highest BCUT2D eigenvalue weighted by molar-refractivity contribution is 7.91. The van der Waals surface area contributed by atoms with Gasteiger partial charge in [-0.3, -0.25) is 14.5 Å². The zero-order valence-electron chi connectivity index (χ0n) is 36.5. The van der Waals surface area contributed by atoms with E-state index < -0.39 is 45.9 Å². The van der Waals surface area contributed by atoms with Gasteiger partial charge in [0.1, 0.15) is 12.6 Å². The standard InChI is InChI=1S/C53H57ClN2O7S/c1-55(52(59)62-37-46-44-24-14-12-22-42(44)43-23-13-15-25-45(43)46)49(51(58)56-32-34-64(60,61)35-33-56)36-50(57)63-53(40-20-10-7-11-21-40,47-26-16-17-27-48(47)54)41-30-28-39(29-31-41)38-18-8-5-3-2-4-6-9-19-38/h7,10-17,20-31,38,46,49H,2-6,8-9,18-19,32-37H2,1H3/t49-,53?/m0/s1. The van der Waals surface area contributed by atoms with Gasteiger partial charge >= 0.3 is 12.1 Å². The molecule has 2 fully saturated rings. The molecule has 1 unspecified atom stereocenters. The predicted octanol–water partition coefficient (Wildman–Crippen LogP) is 10.7. The van der Waals surface area contributed by atoms with Crippen molar-refractivity contribution in [2.45, 2.75) is 87.7 Å². The summed E-state index contributed by atoms with van der Waals surface area (Å²) in [5.74, 6) is -1.57. The molecule has 334 valence electrons. The summed E-state index contributed by atoms with van der Waals surface area (Å²) in [7, 11) is -1.91. The highest BCUT2D eigenvalue weighted by Gasteiger charge is 2.44. The van der Waals surface area contributed by atoms with Gasteiger partial charge in [0.15, 0.2) is 15.4 Å². The van der Waals surface area contributed by atoms with Gasteiger partial charge in [-0.25, -0.2) is 13.2 Å². The molecule has 11 heteroatoms. The van der Waals surface area contributed by atoms with Crippen LogP contribution in [0.3, 0.4) is 0 Å². The summed E-state index contributed by atoms with van der Waals surface area (Å²) in [4.78, 5) is 46.1. The third kappa shape index (κ3) is 9.78. The molecule has 5 aromatic rings. The van der Waals surface area contributed by atoms with E-state index in [-0.39, 0.29) is 37.1 Å². The van der Waals surface area contributed by atoms with Crippen molar-refractivity contribution in [1.29, 1.82) is 0 Å². The number of hydrogen-bond donors (Lipinski definition) is 0. The van der Waals surface area contributed by atoms with Crippen molar-refractivity contribution in [3.8, 4) is 11.1 Å². The second-order valence-corrected chi connectivity index (χ2v) is 20.2. The number of nitrogens with zero attached hydrogens (tertiary/aromatic N) is 2. The molecule has 0 radical (unpaired) electrons. The number of hydrogen-bond acceptors (Lipinski definition) is 7. The fourth-order valence-electron chi connectivity index (χ4n) is 9.93. The summed E-state index contributed by atoms with van der Waals surface area (Å²) < 4.78 is 37.7. The van der Waals surface area contributed by atoms with E-state index in [0.29, 0.717) is 27.6 Å². The van der Waals surface area contributed by atoms with Crippen LogP contribution in [0.25, 0.3) is 11.1 Å². The number of esters is 1. The van der Waals surface area contributed by atoms with Crippen LogP contribution in [0.1, 0.15) is 109 Å². The minimum absolute atomic E-state index is 0.00495. The third-order valence-corrected chi connectivity index (χ3v) is 15.4. The van der Waals surface area contributed by atoms with Gasteiger partial charge < -0.3 is 14.4 Å². The Morgan fingerprint density at radius 3 is 1.84 bits per heavy atom. The average Bonchev–Trinajstić information content (AvgIpc) is 3.64. The molecule has 2 aliphatic carbocycles. The molecule has 3 aliphatic rings. The van der Waals surface area contributed by atoms with Gasteiger partial charge in [0.25, 0.3) is 0 Å². The van der Waals surface area contributed by atoms with E-state index in [4.69, 9.17) is 21.1 Å². The third-order valence-electron chi connectivity index (χ3n) is 13.5. The van der Waals surface area contributed by atoms with E-state index in [1.165, 1.54) is 62.5 Å². The van der Waals surface area contributed by atoms with Crippen molar-refractivity contribution in [3.63, 3.8) is 0 Å². The van der Waals surface area contributed by atoms with Crippen molar-refractivity contribution in [1.82, 2.24) is 9.80 Å². The Kier molecular flexibility index (Phi) is 14.2. The van der Waals surface area contributed by atoms with Crippen LogP contribution in [0.4, 0.5) is 4.79 Å². The summed E-state index contributed by atoms with van der Waals surface area (Å²) >= 11 is 7.06. The van der Waals surface area contributed by atoms with Crippen LogP contribution < -0.4 is 0 Å². The molecule has 1 saturated carbocycles. The van der Waals surface area contributed by atoms with Gasteiger partial charge in [-0.15, -0.1) is 0 Å². The first-order valence-electron chi connectivity index (χ1n) is 22.8. The van der Waals surface area contributed by atoms with E-state index in [1.54, 1.807) is 6.07 Å². The first kappa shape index (κ1) is 45.1. The first-order chi connectivity index (χ1) is 31.1. The molecule has 9 nitrogen and oxygen atoms in total. The number of benzene rings is 5. The molecule has 0 N–H and O–H groups in total. The number of halogens is 1. The van der Waals surface area contributed by atoms with Crippen LogP contribution >= 0.6 is 11.6 Å². The molecule has 8 rings (SSSR count). The smallest absolute Gasteiger partial charge is 0.410 e. The molecule has 5 aromatic carbocycles. The summed E-state index contributed by atoms with van der Waals surface area (Å²) in [5.41, 5.74) is 5.77. The molecule has 2 amide bonds. The molecule has 2 atom stereocenters. The Morgan fingerprint density at radius 1 is 0.703 bits per heavy atom. The lowest BCUT2D eigenvalue weighted by Crippen LogP contribution is -2.54. The quantitative estimate of drug-likeness (QED) is 0.0959. The number of rotatable bonds is 11. The number of likely N-dealkylation sites (N-methyl/N-ethyl adjacent to an activating group) is 1. The lowest BCUT2D eigenvalue weighted by molar-refractivity contribution is -0.157. The molecule has 1 aliphatic heterocycles. The van der Waals surface area contributed by atoms with E-state index in [0.717, 1.165) is 40.0 Å². The van der Waals surface area contributed by atoms with Crippen molar-refractivity contribution >= 4 is 39.4 Å². The molecular formula is C53H57ClN2O7S. The minimum Gasteiger partial charge on any atom is -0.448 e. The Balaban J connectivity index is 1.11. The molecule has 64 heavy (non-hydrogen) atoms. The van der Waals surface area contributed by atoms with Gasteiger partial charge in [0.05, 0.1) is 17.9 Å². The van der Waals surface area contributed by atoms with Crippen molar-refractivity contribution in [2.75, 3.05) is 38.2 Å². The zero-order valence-corrected chi connectivity index (χ0v) is 38.1. The number of amides is 2. The maximum Gasteiger partial charge on any atom is 0.410 e. The number of fused-ring (bicyclic) bond motifs is 3. The fraction of sp³-hybridized carbons (Fsp3) is 0.377. The first-order valence-corrected chi connectivity index (χ1v) is 25.0. The van der Waals surface area contributed by atoms with Crippen LogP contribution in [0.2, 0.25) is 5.02 Å². The Bertz CT molecular complexity index is 2480. The second-order valence-electron chi connectivity index (χ2n) is 17.5. The average molecular weight is 902 g/mol. The molecule has 0 aromatic heterocycles. The Hall–Kier alpha value is -5.45. The summed E-state index contributed by atoms with van der Waals surface area (Å²) in [6.45, 7) is -0.122. The topological polar surface area (TPSA) is 110 Å². The lowest BCUT2D eigenvalue weighted by atomic mass is 9.78. The SMILES string of the molecule is CN(C(=O)OCC1c2ccccc2-c2ccccc21)[C@@H](CC(=O)OC(c1ccccc1)(c1ccc(C2CCCCCCCCC2)cc1)c1ccccc1Cl)C(=O)N1CCS(=O)(=O)CC1. The summed E-state index contributed by atoms with van der Waals surface area (Å²) in [6, 6.07) is 39.7. The van der Waals surface area contributed by atoms with Crippen molar-refractivity contribution in [3.05, 3.63) is 166 Å². The maximum atomic E-state index is 14.9. The Labute approximate surface area is 382 Å². The minimum atomic E-state index is -3.34. The van der Waals surface area contributed by atoms with Gasteiger partial charge in [-0.2, -0.15) is 0 Å². The van der Waals surface area contributed by atoms with Crippen LogP contribution in [0.15, 0.2) is 127 Å². The Morgan fingerprint density at radius 2 is 1.23 bits per heavy atom. The normalized spacial score (nSPS) is 18.1. The van der Waals surface area contributed by atoms with Gasteiger partial charge in [-0.1, -0.05) is 178 Å². The van der Waals surface area contributed by atoms with E-state index >= 15 is 0 Å². The summed E-state index contributed by atoms with van der Waals surface area (Å²) in [6.07, 6.45) is 9.64. The van der Waals surface area contributed by atoms with E-state index in [9.17, 15) is 22.8 Å². The van der Waals surface area contributed by atoms with Gasteiger partial charge in [-0.05, 0) is 52.6 Å². The number of carbonyl (C=O) groups excluding carboxylic acids is 3. The second kappa shape index (κ2) is 20.2. The van der Waals surface area contributed by atoms with E-state index in [1.807, 2.05) is 97.1 Å². The van der Waals surface area contributed by atoms with Crippen LogP contribution in [0.5, 0.6) is 0 Å². The van der Waals surface area contributed by atoms with Crippen LogP contribution in [-0.4, -0.2) is 80.5 Å². The van der Waals surface area contributed by atoms with Crippen LogP contribution in [-0.2, 0) is 34.5 Å². The zero-order chi connectivity index (χ0) is 44.7. The molecule has 0 spiro atoms. The van der Waals surface area contributed by atoms with Gasteiger partial charge in [0.2, 0.25) is 5.91 Å². The largest absolute Gasteiger partial charge is 0.448 e. The monoisotopic (exact) mass is 900 g/mol. The molecule has 1 heterocycles. The summed E-state index contributed by atoms with van der Waals surface area (Å²) in [5, 5.41) is 0.383. The van der Waals surface area contributed by atoms with Gasteiger partial charge in [0, 0.05) is 47.8 Å². The molecule has 1 saturated heterocycles. The predicted molar refractivity (Wildman–Crippen MR) is 251 cm³/mol. The highest BCUT2D eigenvalue weighted by atomic mass is 35.5. The van der Waals surface area contributed by atoms with Crippen LogP contribution in [0, 0.1) is 0 Å². The highest BCUT2D eigenvalue weighted by Crippen LogP contribution is 2.46. The van der Waals surface area contributed by atoms with Crippen molar-refractivity contribution < 1.29 is 32.3 Å².